The fraction of sp³-hybridized carbons (Fsp3) is 0.533. The highest BCUT2D eigenvalue weighted by molar-refractivity contribution is 14.0. The van der Waals surface area contributed by atoms with Gasteiger partial charge in [-0.15, -0.1) is 24.0 Å². The van der Waals surface area contributed by atoms with E-state index in [1.807, 2.05) is 32.0 Å². The van der Waals surface area contributed by atoms with Crippen LogP contribution in [0.1, 0.15) is 24.5 Å². The standard InChI is InChI=1S/C15H22F3N3O.HI/c1-4-19-14(20-8-7-15(16,17)18)21-10-12-6-5-11(2)13(9-12)22-3;/h5-6,9H,4,7-8,10H2,1-3H3,(H2,19,20,21);1H. The van der Waals surface area contributed by atoms with Crippen molar-refractivity contribution in [1.29, 1.82) is 0 Å². The van der Waals surface area contributed by atoms with Gasteiger partial charge >= 0.3 is 6.18 Å². The van der Waals surface area contributed by atoms with Gasteiger partial charge in [-0.2, -0.15) is 13.2 Å². The first-order valence-electron chi connectivity index (χ1n) is 7.08. The molecule has 0 saturated heterocycles. The van der Waals surface area contributed by atoms with Crippen LogP contribution in [0.15, 0.2) is 23.2 Å². The zero-order valence-electron chi connectivity index (χ0n) is 13.5. The second-order valence-electron chi connectivity index (χ2n) is 4.79. The van der Waals surface area contributed by atoms with Crippen molar-refractivity contribution in [2.45, 2.75) is 33.0 Å². The molecule has 2 N–H and O–H groups in total. The minimum Gasteiger partial charge on any atom is -0.496 e. The molecule has 0 saturated carbocycles. The SMILES string of the molecule is CCNC(=NCc1ccc(C)c(OC)c1)NCCC(F)(F)F.I. The molecule has 8 heteroatoms. The second-order valence-corrected chi connectivity index (χ2v) is 4.79. The summed E-state index contributed by atoms with van der Waals surface area (Å²) in [5.74, 6) is 1.13. The van der Waals surface area contributed by atoms with Crippen LogP contribution in [-0.4, -0.2) is 32.3 Å². The topological polar surface area (TPSA) is 45.7 Å². The van der Waals surface area contributed by atoms with Crippen LogP contribution < -0.4 is 15.4 Å². The molecule has 0 radical (unpaired) electrons. The number of halogens is 4. The minimum absolute atomic E-state index is 0. The summed E-state index contributed by atoms with van der Waals surface area (Å²) in [6.45, 7) is 4.53. The predicted molar refractivity (Wildman–Crippen MR) is 96.6 cm³/mol. The molecule has 1 aromatic carbocycles. The normalized spacial score (nSPS) is 11.7. The summed E-state index contributed by atoms with van der Waals surface area (Å²) in [5, 5.41) is 5.59. The maximum atomic E-state index is 12.1. The van der Waals surface area contributed by atoms with Gasteiger partial charge in [0.25, 0.3) is 0 Å². The van der Waals surface area contributed by atoms with Crippen molar-refractivity contribution in [1.82, 2.24) is 10.6 Å². The molecule has 0 aliphatic heterocycles. The third-order valence-corrected chi connectivity index (χ3v) is 2.94. The first-order chi connectivity index (χ1) is 10.4. The molecule has 0 aliphatic carbocycles. The lowest BCUT2D eigenvalue weighted by molar-refractivity contribution is -0.132. The fourth-order valence-electron chi connectivity index (χ4n) is 1.80. The molecule has 4 nitrogen and oxygen atoms in total. The van der Waals surface area contributed by atoms with Gasteiger partial charge in [-0.25, -0.2) is 4.99 Å². The van der Waals surface area contributed by atoms with Gasteiger partial charge in [0, 0.05) is 13.1 Å². The van der Waals surface area contributed by atoms with Crippen LogP contribution in [0.3, 0.4) is 0 Å². The molecule has 0 bridgehead atoms. The van der Waals surface area contributed by atoms with Crippen LogP contribution in [0.4, 0.5) is 13.2 Å². The van der Waals surface area contributed by atoms with Gasteiger partial charge in [-0.05, 0) is 31.0 Å². The highest BCUT2D eigenvalue weighted by atomic mass is 127. The van der Waals surface area contributed by atoms with Crippen LogP contribution >= 0.6 is 24.0 Å². The second kappa shape index (κ2) is 10.6. The van der Waals surface area contributed by atoms with Crippen molar-refractivity contribution in [2.24, 2.45) is 4.99 Å². The van der Waals surface area contributed by atoms with Crippen molar-refractivity contribution in [2.75, 3.05) is 20.2 Å². The number of alkyl halides is 3. The smallest absolute Gasteiger partial charge is 0.390 e. The van der Waals surface area contributed by atoms with Crippen molar-refractivity contribution >= 4 is 29.9 Å². The maximum Gasteiger partial charge on any atom is 0.390 e. The molecular formula is C15H23F3IN3O. The third kappa shape index (κ3) is 8.87. The zero-order chi connectivity index (χ0) is 16.6. The van der Waals surface area contributed by atoms with E-state index in [4.69, 9.17) is 4.74 Å². The zero-order valence-corrected chi connectivity index (χ0v) is 15.8. The lowest BCUT2D eigenvalue weighted by atomic mass is 10.1. The van der Waals surface area contributed by atoms with Crippen LogP contribution in [0.2, 0.25) is 0 Å². The Labute approximate surface area is 151 Å². The Bertz CT molecular complexity index is 507. The van der Waals surface area contributed by atoms with Crippen LogP contribution in [0, 0.1) is 6.92 Å². The van der Waals surface area contributed by atoms with Crippen molar-refractivity contribution in [3.63, 3.8) is 0 Å². The summed E-state index contributed by atoms with van der Waals surface area (Å²) in [5.41, 5.74) is 1.95. The van der Waals surface area contributed by atoms with Gasteiger partial charge in [0.05, 0.1) is 20.1 Å². The predicted octanol–water partition coefficient (Wildman–Crippen LogP) is 3.63. The number of hydrogen-bond acceptors (Lipinski definition) is 2. The number of aliphatic imine (C=N–C) groups is 1. The van der Waals surface area contributed by atoms with E-state index < -0.39 is 12.6 Å². The van der Waals surface area contributed by atoms with Gasteiger partial charge in [-0.3, -0.25) is 0 Å². The largest absolute Gasteiger partial charge is 0.496 e. The van der Waals surface area contributed by atoms with Gasteiger partial charge in [0.2, 0.25) is 0 Å². The number of hydrogen-bond donors (Lipinski definition) is 2. The van der Waals surface area contributed by atoms with E-state index in [-0.39, 0.29) is 30.5 Å². The van der Waals surface area contributed by atoms with Crippen LogP contribution in [0.5, 0.6) is 5.75 Å². The van der Waals surface area contributed by atoms with Gasteiger partial charge in [0.1, 0.15) is 5.75 Å². The van der Waals surface area contributed by atoms with E-state index in [2.05, 4.69) is 15.6 Å². The summed E-state index contributed by atoms with van der Waals surface area (Å²) in [4.78, 5) is 4.28. The number of rotatable bonds is 6. The van der Waals surface area contributed by atoms with Crippen LogP contribution in [-0.2, 0) is 6.54 Å². The lowest BCUT2D eigenvalue weighted by Crippen LogP contribution is -2.38. The average Bonchev–Trinajstić information content (AvgIpc) is 2.44. The molecule has 0 fully saturated rings. The molecule has 0 amide bonds. The monoisotopic (exact) mass is 445 g/mol. The molecule has 0 aromatic heterocycles. The number of nitrogens with zero attached hydrogens (tertiary/aromatic N) is 1. The Morgan fingerprint density at radius 1 is 1.26 bits per heavy atom. The van der Waals surface area contributed by atoms with Crippen LogP contribution in [0.25, 0.3) is 0 Å². The number of ether oxygens (including phenoxy) is 1. The molecule has 0 atom stereocenters. The van der Waals surface area contributed by atoms with E-state index >= 15 is 0 Å². The number of nitrogens with one attached hydrogen (secondary N) is 2. The molecule has 132 valence electrons. The van der Waals surface area contributed by atoms with Gasteiger partial charge in [-0.1, -0.05) is 12.1 Å². The van der Waals surface area contributed by atoms with Gasteiger partial charge < -0.3 is 15.4 Å². The van der Waals surface area contributed by atoms with E-state index in [1.54, 1.807) is 7.11 Å². The molecule has 0 heterocycles. The quantitative estimate of drug-likeness (QED) is 0.400. The molecule has 0 aliphatic rings. The molecule has 23 heavy (non-hydrogen) atoms. The summed E-state index contributed by atoms with van der Waals surface area (Å²) < 4.78 is 41.7. The molecule has 0 unspecified atom stereocenters. The van der Waals surface area contributed by atoms with Crippen molar-refractivity contribution in [3.8, 4) is 5.75 Å². The first-order valence-corrected chi connectivity index (χ1v) is 7.08. The van der Waals surface area contributed by atoms with Gasteiger partial charge in [0.15, 0.2) is 5.96 Å². The number of methoxy groups -OCH3 is 1. The summed E-state index contributed by atoms with van der Waals surface area (Å²) in [7, 11) is 1.60. The van der Waals surface area contributed by atoms with E-state index in [0.29, 0.717) is 19.0 Å². The first kappa shape index (κ1) is 21.8. The van der Waals surface area contributed by atoms with E-state index in [0.717, 1.165) is 16.9 Å². The highest BCUT2D eigenvalue weighted by Gasteiger charge is 2.26. The summed E-state index contributed by atoms with van der Waals surface area (Å²) in [6, 6.07) is 5.71. The van der Waals surface area contributed by atoms with Crippen molar-refractivity contribution < 1.29 is 17.9 Å². The highest BCUT2D eigenvalue weighted by Crippen LogP contribution is 2.19. The Hall–Kier alpha value is -1.19. The Morgan fingerprint density at radius 2 is 1.96 bits per heavy atom. The molecule has 1 aromatic rings. The maximum absolute atomic E-state index is 12.1. The minimum atomic E-state index is -4.17. The number of aryl methyl sites for hydroxylation is 1. The van der Waals surface area contributed by atoms with Crippen molar-refractivity contribution in [3.05, 3.63) is 29.3 Å². The van der Waals surface area contributed by atoms with E-state index in [9.17, 15) is 13.2 Å². The average molecular weight is 445 g/mol. The van der Waals surface area contributed by atoms with E-state index in [1.165, 1.54) is 0 Å². The number of benzene rings is 1. The summed E-state index contributed by atoms with van der Waals surface area (Å²) in [6.07, 6.45) is -5.07. The molecular weight excluding hydrogens is 422 g/mol. The lowest BCUT2D eigenvalue weighted by Gasteiger charge is -2.12. The fourth-order valence-corrected chi connectivity index (χ4v) is 1.80. The Morgan fingerprint density at radius 3 is 2.52 bits per heavy atom. The molecule has 0 spiro atoms. The Kier molecular flexibility index (Phi) is 10.0. The Balaban J connectivity index is 0.00000484. The summed E-state index contributed by atoms with van der Waals surface area (Å²) >= 11 is 0. The number of guanidine groups is 1. The molecule has 1 rings (SSSR count). The third-order valence-electron chi connectivity index (χ3n) is 2.94.